The van der Waals surface area contributed by atoms with Crippen molar-refractivity contribution in [2.24, 2.45) is 0 Å². The van der Waals surface area contributed by atoms with Crippen LogP contribution in [-0.4, -0.2) is 50.0 Å². The van der Waals surface area contributed by atoms with Crippen molar-refractivity contribution in [1.82, 2.24) is 10.2 Å². The standard InChI is InChI=1S/C23H28Cl2IN3O4S/c1-5-21(23(31)27-15(2)3)28(13-16-6-7-17(24)12-20(16)25)22(30)14-29(34(4,32)33)19-10-8-18(26)9-11-19/h6-12,15,21H,5,13-14H2,1-4H3,(H,27,31). The maximum absolute atomic E-state index is 13.6. The lowest BCUT2D eigenvalue weighted by Gasteiger charge is -2.33. The van der Waals surface area contributed by atoms with E-state index < -0.39 is 28.5 Å². The van der Waals surface area contributed by atoms with Crippen molar-refractivity contribution in [1.29, 1.82) is 0 Å². The van der Waals surface area contributed by atoms with Crippen LogP contribution in [0.3, 0.4) is 0 Å². The molecule has 34 heavy (non-hydrogen) atoms. The fourth-order valence-electron chi connectivity index (χ4n) is 3.35. The molecule has 7 nitrogen and oxygen atoms in total. The fourth-order valence-corrected chi connectivity index (χ4v) is 5.03. The molecule has 0 aromatic heterocycles. The number of anilines is 1. The molecular weight excluding hydrogens is 612 g/mol. The molecule has 2 aromatic rings. The van der Waals surface area contributed by atoms with Crippen LogP contribution in [-0.2, 0) is 26.2 Å². The van der Waals surface area contributed by atoms with Gasteiger partial charge < -0.3 is 10.2 Å². The van der Waals surface area contributed by atoms with Gasteiger partial charge in [-0.15, -0.1) is 0 Å². The molecule has 0 saturated heterocycles. The first-order chi connectivity index (χ1) is 15.8. The van der Waals surface area contributed by atoms with Gasteiger partial charge in [0, 0.05) is 26.2 Å². The third-order valence-corrected chi connectivity index (χ3v) is 7.41. The molecule has 0 heterocycles. The summed E-state index contributed by atoms with van der Waals surface area (Å²) in [5.41, 5.74) is 0.954. The Kier molecular flexibility index (Phi) is 10.5. The van der Waals surface area contributed by atoms with E-state index in [1.54, 1.807) is 49.4 Å². The van der Waals surface area contributed by atoms with Gasteiger partial charge in [-0.05, 0) is 84.8 Å². The number of carbonyl (C=O) groups excluding carboxylic acids is 2. The Morgan fingerprint density at radius 3 is 2.21 bits per heavy atom. The number of halogens is 3. The van der Waals surface area contributed by atoms with Gasteiger partial charge >= 0.3 is 0 Å². The molecule has 0 aliphatic heterocycles. The van der Waals surface area contributed by atoms with E-state index in [1.807, 2.05) is 13.8 Å². The van der Waals surface area contributed by atoms with Gasteiger partial charge in [0.2, 0.25) is 21.8 Å². The highest BCUT2D eigenvalue weighted by Crippen LogP contribution is 2.25. The molecule has 0 bridgehead atoms. The topological polar surface area (TPSA) is 86.8 Å². The normalized spacial score (nSPS) is 12.4. The molecule has 2 aromatic carbocycles. The Labute approximate surface area is 225 Å². The van der Waals surface area contributed by atoms with Crippen LogP contribution in [0.25, 0.3) is 0 Å². The number of carbonyl (C=O) groups is 2. The summed E-state index contributed by atoms with van der Waals surface area (Å²) >= 11 is 14.5. The maximum Gasteiger partial charge on any atom is 0.244 e. The van der Waals surface area contributed by atoms with Crippen molar-refractivity contribution < 1.29 is 18.0 Å². The average molecular weight is 640 g/mol. The molecule has 186 valence electrons. The van der Waals surface area contributed by atoms with Crippen molar-refractivity contribution in [3.8, 4) is 0 Å². The van der Waals surface area contributed by atoms with Gasteiger partial charge in [0.15, 0.2) is 0 Å². The van der Waals surface area contributed by atoms with Crippen molar-refractivity contribution in [3.05, 3.63) is 61.6 Å². The molecule has 0 radical (unpaired) electrons. The molecule has 0 aliphatic carbocycles. The lowest BCUT2D eigenvalue weighted by molar-refractivity contribution is -0.140. The molecule has 1 unspecified atom stereocenters. The van der Waals surface area contributed by atoms with Gasteiger partial charge in [-0.25, -0.2) is 8.42 Å². The second-order valence-electron chi connectivity index (χ2n) is 8.09. The maximum atomic E-state index is 13.6. The number of hydrogen-bond acceptors (Lipinski definition) is 4. The number of sulfonamides is 1. The van der Waals surface area contributed by atoms with Crippen molar-refractivity contribution >= 4 is 73.3 Å². The number of nitrogens with one attached hydrogen (secondary N) is 1. The predicted octanol–water partition coefficient (Wildman–Crippen LogP) is 4.70. The highest BCUT2D eigenvalue weighted by atomic mass is 127. The smallest absolute Gasteiger partial charge is 0.244 e. The van der Waals surface area contributed by atoms with Gasteiger partial charge in [0.25, 0.3) is 0 Å². The van der Waals surface area contributed by atoms with Gasteiger partial charge in [-0.1, -0.05) is 36.2 Å². The summed E-state index contributed by atoms with van der Waals surface area (Å²) in [5.74, 6) is -0.850. The zero-order chi connectivity index (χ0) is 25.6. The van der Waals surface area contributed by atoms with Crippen LogP contribution in [0.15, 0.2) is 42.5 Å². The number of nitrogens with zero attached hydrogens (tertiary/aromatic N) is 2. The van der Waals surface area contributed by atoms with Crippen LogP contribution >= 0.6 is 45.8 Å². The molecule has 2 rings (SSSR count). The first-order valence-electron chi connectivity index (χ1n) is 10.6. The zero-order valence-electron chi connectivity index (χ0n) is 19.4. The van der Waals surface area contributed by atoms with Crippen LogP contribution in [0.5, 0.6) is 0 Å². The number of hydrogen-bond donors (Lipinski definition) is 1. The summed E-state index contributed by atoms with van der Waals surface area (Å²) in [6, 6.07) is 10.7. The van der Waals surface area contributed by atoms with E-state index in [2.05, 4.69) is 27.9 Å². The first-order valence-corrected chi connectivity index (χ1v) is 14.3. The van der Waals surface area contributed by atoms with Crippen LogP contribution < -0.4 is 9.62 Å². The minimum absolute atomic E-state index is 0.0170. The monoisotopic (exact) mass is 639 g/mol. The Balaban J connectivity index is 2.46. The van der Waals surface area contributed by atoms with Crippen LogP contribution in [0.2, 0.25) is 10.0 Å². The average Bonchev–Trinajstić information content (AvgIpc) is 2.72. The first kappa shape index (κ1) is 28.7. The van der Waals surface area contributed by atoms with Crippen LogP contribution in [0.4, 0.5) is 5.69 Å². The quantitative estimate of drug-likeness (QED) is 0.382. The van der Waals surface area contributed by atoms with E-state index in [0.717, 1.165) is 14.1 Å². The SMILES string of the molecule is CCC(C(=O)NC(C)C)N(Cc1ccc(Cl)cc1Cl)C(=O)CN(c1ccc(I)cc1)S(C)(=O)=O. The second-order valence-corrected chi connectivity index (χ2v) is 12.1. The third kappa shape index (κ3) is 8.00. The minimum atomic E-state index is -3.78. The summed E-state index contributed by atoms with van der Waals surface area (Å²) in [6.07, 6.45) is 1.37. The molecule has 11 heteroatoms. The molecular formula is C23H28Cl2IN3O4S. The number of amides is 2. The summed E-state index contributed by atoms with van der Waals surface area (Å²) in [5, 5.41) is 3.63. The molecule has 0 spiro atoms. The van der Waals surface area contributed by atoms with E-state index >= 15 is 0 Å². The highest BCUT2D eigenvalue weighted by Gasteiger charge is 2.32. The lowest BCUT2D eigenvalue weighted by Crippen LogP contribution is -2.53. The predicted molar refractivity (Wildman–Crippen MR) is 146 cm³/mol. The fraction of sp³-hybridized carbons (Fsp3) is 0.391. The summed E-state index contributed by atoms with van der Waals surface area (Å²) in [7, 11) is -3.78. The van der Waals surface area contributed by atoms with Crippen LogP contribution in [0, 0.1) is 3.57 Å². The summed E-state index contributed by atoms with van der Waals surface area (Å²) in [4.78, 5) is 27.9. The molecule has 1 atom stereocenters. The molecule has 0 saturated carbocycles. The Bertz CT molecular complexity index is 1130. The van der Waals surface area contributed by atoms with Crippen molar-refractivity contribution in [2.45, 2.75) is 45.8 Å². The van der Waals surface area contributed by atoms with Crippen molar-refractivity contribution in [2.75, 3.05) is 17.1 Å². The molecule has 0 fully saturated rings. The van der Waals surface area contributed by atoms with Crippen molar-refractivity contribution in [3.63, 3.8) is 0 Å². The van der Waals surface area contributed by atoms with Gasteiger partial charge in [-0.3, -0.25) is 13.9 Å². The zero-order valence-corrected chi connectivity index (χ0v) is 23.9. The highest BCUT2D eigenvalue weighted by molar-refractivity contribution is 14.1. The van der Waals surface area contributed by atoms with Gasteiger partial charge in [0.1, 0.15) is 12.6 Å². The molecule has 2 amide bonds. The second kappa shape index (κ2) is 12.4. The largest absolute Gasteiger partial charge is 0.352 e. The minimum Gasteiger partial charge on any atom is -0.352 e. The Morgan fingerprint density at radius 1 is 1.09 bits per heavy atom. The molecule has 0 aliphatic rings. The van der Waals surface area contributed by atoms with E-state index in [1.165, 1.54) is 4.90 Å². The number of benzene rings is 2. The van der Waals surface area contributed by atoms with Gasteiger partial charge in [0.05, 0.1) is 11.9 Å². The summed E-state index contributed by atoms with van der Waals surface area (Å²) < 4.78 is 27.1. The van der Waals surface area contributed by atoms with E-state index in [0.29, 0.717) is 27.7 Å². The molecule has 1 N–H and O–H groups in total. The Hall–Kier alpha value is -1.56. The van der Waals surface area contributed by atoms with Gasteiger partial charge in [-0.2, -0.15) is 0 Å². The summed E-state index contributed by atoms with van der Waals surface area (Å²) in [6.45, 7) is 5.01. The third-order valence-electron chi connectivity index (χ3n) is 4.97. The lowest BCUT2D eigenvalue weighted by atomic mass is 10.1. The Morgan fingerprint density at radius 2 is 1.71 bits per heavy atom. The van der Waals surface area contributed by atoms with E-state index in [9.17, 15) is 18.0 Å². The van der Waals surface area contributed by atoms with E-state index in [4.69, 9.17) is 23.2 Å². The number of rotatable bonds is 10. The van der Waals surface area contributed by atoms with E-state index in [-0.39, 0.29) is 18.5 Å². The van der Waals surface area contributed by atoms with Crippen LogP contribution in [0.1, 0.15) is 32.8 Å².